The number of carbonyl (C=O) groups excluding carboxylic acids is 2. The van der Waals surface area contributed by atoms with E-state index < -0.39 is 0 Å². The van der Waals surface area contributed by atoms with Crippen LogP contribution in [0.25, 0.3) is 6.08 Å². The second kappa shape index (κ2) is 4.36. The molecule has 0 amide bonds. The first-order valence-electron chi connectivity index (χ1n) is 3.97. The van der Waals surface area contributed by atoms with Crippen molar-refractivity contribution in [3.63, 3.8) is 0 Å². The Kier molecular flexibility index (Phi) is 3.15. The van der Waals surface area contributed by atoms with Gasteiger partial charge in [-0.2, -0.15) is 0 Å². The van der Waals surface area contributed by atoms with Crippen LogP contribution in [0.15, 0.2) is 35.9 Å². The van der Waals surface area contributed by atoms with Crippen LogP contribution in [0.4, 0.5) is 0 Å². The number of Topliss-reactive ketones (excluding diaryl/α,β-unsaturated/α-hetero) is 1. The predicted octanol–water partition coefficient (Wildman–Crippen LogP) is 1.86. The molecule has 0 aliphatic rings. The number of aldehydes is 1. The van der Waals surface area contributed by atoms with Crippen LogP contribution >= 0.6 is 0 Å². The van der Waals surface area contributed by atoms with E-state index in [9.17, 15) is 9.59 Å². The standard InChI is InChI=1S/C11H10O2/c1-9(13)11(8-12)7-10-5-3-2-4-6-10/h2-8H,1H3. The third-order valence-electron chi connectivity index (χ3n) is 1.66. The molecule has 13 heavy (non-hydrogen) atoms. The van der Waals surface area contributed by atoms with Crippen LogP contribution in [-0.4, -0.2) is 12.1 Å². The maximum absolute atomic E-state index is 10.9. The Morgan fingerprint density at radius 2 is 1.85 bits per heavy atom. The van der Waals surface area contributed by atoms with Gasteiger partial charge < -0.3 is 0 Å². The number of hydrogen-bond acceptors (Lipinski definition) is 2. The normalized spacial score (nSPS) is 11.0. The van der Waals surface area contributed by atoms with E-state index in [4.69, 9.17) is 0 Å². The number of benzene rings is 1. The SMILES string of the molecule is CC(=O)C(C=O)=Cc1ccccc1. The van der Waals surface area contributed by atoms with E-state index in [1.54, 1.807) is 6.08 Å². The second-order valence-electron chi connectivity index (χ2n) is 2.68. The van der Waals surface area contributed by atoms with Crippen LogP contribution in [0.2, 0.25) is 0 Å². The van der Waals surface area contributed by atoms with E-state index in [1.807, 2.05) is 30.3 Å². The fraction of sp³-hybridized carbons (Fsp3) is 0.0909. The molecule has 0 aliphatic carbocycles. The third-order valence-corrected chi connectivity index (χ3v) is 1.66. The van der Waals surface area contributed by atoms with Gasteiger partial charge in [-0.25, -0.2) is 0 Å². The number of rotatable bonds is 3. The minimum Gasteiger partial charge on any atom is -0.298 e. The summed E-state index contributed by atoms with van der Waals surface area (Å²) < 4.78 is 0. The maximum atomic E-state index is 10.9. The Bertz CT molecular complexity index is 336. The zero-order valence-corrected chi connectivity index (χ0v) is 7.36. The van der Waals surface area contributed by atoms with Gasteiger partial charge in [-0.15, -0.1) is 0 Å². The first-order valence-corrected chi connectivity index (χ1v) is 3.97. The molecule has 2 heteroatoms. The van der Waals surface area contributed by atoms with Gasteiger partial charge in [0, 0.05) is 0 Å². The van der Waals surface area contributed by atoms with E-state index in [1.165, 1.54) is 6.92 Å². The summed E-state index contributed by atoms with van der Waals surface area (Å²) >= 11 is 0. The van der Waals surface area contributed by atoms with Crippen molar-refractivity contribution in [1.29, 1.82) is 0 Å². The molecule has 0 saturated heterocycles. The van der Waals surface area contributed by atoms with Crippen LogP contribution in [-0.2, 0) is 9.59 Å². The summed E-state index contributed by atoms with van der Waals surface area (Å²) in [4.78, 5) is 21.3. The molecule has 1 rings (SSSR count). The summed E-state index contributed by atoms with van der Waals surface area (Å²) in [6, 6.07) is 9.27. The smallest absolute Gasteiger partial charge is 0.163 e. The van der Waals surface area contributed by atoms with Gasteiger partial charge in [0.1, 0.15) is 0 Å². The Labute approximate surface area is 76.9 Å². The number of allylic oxidation sites excluding steroid dienone is 1. The van der Waals surface area contributed by atoms with Gasteiger partial charge in [-0.1, -0.05) is 30.3 Å². The molecule has 2 nitrogen and oxygen atoms in total. The van der Waals surface area contributed by atoms with Crippen molar-refractivity contribution in [3.8, 4) is 0 Å². The highest BCUT2D eigenvalue weighted by Crippen LogP contribution is 2.05. The van der Waals surface area contributed by atoms with Crippen molar-refractivity contribution in [2.45, 2.75) is 6.92 Å². The van der Waals surface area contributed by atoms with Gasteiger partial charge in [-0.3, -0.25) is 9.59 Å². The monoisotopic (exact) mass is 174 g/mol. The van der Waals surface area contributed by atoms with Gasteiger partial charge in [0.05, 0.1) is 5.57 Å². The highest BCUT2D eigenvalue weighted by Gasteiger charge is 2.00. The summed E-state index contributed by atoms with van der Waals surface area (Å²) in [6.45, 7) is 1.38. The lowest BCUT2D eigenvalue weighted by Gasteiger charge is -1.93. The zero-order chi connectivity index (χ0) is 9.68. The lowest BCUT2D eigenvalue weighted by atomic mass is 10.1. The van der Waals surface area contributed by atoms with Gasteiger partial charge >= 0.3 is 0 Å². The van der Waals surface area contributed by atoms with E-state index in [-0.39, 0.29) is 11.4 Å². The van der Waals surface area contributed by atoms with Crippen molar-refractivity contribution < 1.29 is 9.59 Å². The lowest BCUT2D eigenvalue weighted by Crippen LogP contribution is -1.96. The third kappa shape index (κ3) is 2.67. The van der Waals surface area contributed by atoms with Crippen molar-refractivity contribution in [2.24, 2.45) is 0 Å². The zero-order valence-electron chi connectivity index (χ0n) is 7.36. The lowest BCUT2D eigenvalue weighted by molar-refractivity contribution is -0.115. The van der Waals surface area contributed by atoms with E-state index >= 15 is 0 Å². The molecule has 66 valence electrons. The minimum absolute atomic E-state index is 0.200. The molecule has 0 heterocycles. The Morgan fingerprint density at radius 3 is 2.31 bits per heavy atom. The van der Waals surface area contributed by atoms with Crippen LogP contribution in [0.3, 0.4) is 0 Å². The van der Waals surface area contributed by atoms with Crippen LogP contribution in [0.5, 0.6) is 0 Å². The topological polar surface area (TPSA) is 34.1 Å². The Balaban J connectivity index is 2.98. The van der Waals surface area contributed by atoms with E-state index in [0.29, 0.717) is 6.29 Å². The molecule has 0 spiro atoms. The summed E-state index contributed by atoms with van der Waals surface area (Å²) in [7, 11) is 0. The van der Waals surface area contributed by atoms with Crippen molar-refractivity contribution in [1.82, 2.24) is 0 Å². The maximum Gasteiger partial charge on any atom is 0.163 e. The average Bonchev–Trinajstić information content (AvgIpc) is 2.15. The molecule has 0 aromatic heterocycles. The largest absolute Gasteiger partial charge is 0.298 e. The molecule has 0 unspecified atom stereocenters. The van der Waals surface area contributed by atoms with Gasteiger partial charge in [-0.05, 0) is 18.6 Å². The molecular formula is C11H10O2. The van der Waals surface area contributed by atoms with Crippen molar-refractivity contribution in [2.75, 3.05) is 0 Å². The second-order valence-corrected chi connectivity index (χ2v) is 2.68. The molecule has 1 aromatic carbocycles. The molecule has 0 atom stereocenters. The minimum atomic E-state index is -0.209. The summed E-state index contributed by atoms with van der Waals surface area (Å²) in [5, 5.41) is 0. The van der Waals surface area contributed by atoms with Gasteiger partial charge in [0.2, 0.25) is 0 Å². The van der Waals surface area contributed by atoms with Crippen LogP contribution in [0.1, 0.15) is 12.5 Å². The highest BCUT2D eigenvalue weighted by molar-refractivity contribution is 6.14. The highest BCUT2D eigenvalue weighted by atomic mass is 16.1. The van der Waals surface area contributed by atoms with Crippen LogP contribution < -0.4 is 0 Å². The van der Waals surface area contributed by atoms with Crippen molar-refractivity contribution >= 4 is 18.1 Å². The number of hydrogen-bond donors (Lipinski definition) is 0. The van der Waals surface area contributed by atoms with Crippen molar-refractivity contribution in [3.05, 3.63) is 41.5 Å². The molecule has 0 aliphatic heterocycles. The van der Waals surface area contributed by atoms with E-state index in [2.05, 4.69) is 0 Å². The molecule has 0 N–H and O–H groups in total. The Morgan fingerprint density at radius 1 is 1.23 bits per heavy atom. The van der Waals surface area contributed by atoms with E-state index in [0.717, 1.165) is 5.56 Å². The molecular weight excluding hydrogens is 164 g/mol. The molecule has 0 bridgehead atoms. The Hall–Kier alpha value is -1.70. The summed E-state index contributed by atoms with van der Waals surface area (Å²) in [5.41, 5.74) is 1.06. The molecule has 0 radical (unpaired) electrons. The van der Waals surface area contributed by atoms with Gasteiger partial charge in [0.25, 0.3) is 0 Å². The fourth-order valence-electron chi connectivity index (χ4n) is 0.947. The molecule has 1 aromatic rings. The first kappa shape index (κ1) is 9.39. The number of ketones is 1. The summed E-state index contributed by atoms with van der Waals surface area (Å²) in [6.07, 6.45) is 2.16. The number of carbonyl (C=O) groups is 2. The molecule has 0 fully saturated rings. The van der Waals surface area contributed by atoms with Gasteiger partial charge in [0.15, 0.2) is 12.1 Å². The summed E-state index contributed by atoms with van der Waals surface area (Å²) in [5.74, 6) is -0.209. The molecule has 0 saturated carbocycles. The fourth-order valence-corrected chi connectivity index (χ4v) is 0.947. The van der Waals surface area contributed by atoms with Crippen LogP contribution in [0, 0.1) is 0 Å². The predicted molar refractivity (Wildman–Crippen MR) is 51.2 cm³/mol. The quantitative estimate of drug-likeness (QED) is 0.303. The average molecular weight is 174 g/mol. The first-order chi connectivity index (χ1) is 6.24.